The van der Waals surface area contributed by atoms with Crippen molar-refractivity contribution in [3.63, 3.8) is 0 Å². The van der Waals surface area contributed by atoms with Gasteiger partial charge in [-0.1, -0.05) is 23.9 Å². The average molecular weight is 386 g/mol. The number of Topliss-reactive ketones (excluding diaryl/α,β-unsaturated/α-hetero) is 1. The lowest BCUT2D eigenvalue weighted by Crippen LogP contribution is -2.13. The molecule has 2 heterocycles. The lowest BCUT2D eigenvalue weighted by Gasteiger charge is -2.09. The molecule has 0 saturated heterocycles. The molecule has 0 saturated carbocycles. The van der Waals surface area contributed by atoms with Gasteiger partial charge in [-0.2, -0.15) is 0 Å². The van der Waals surface area contributed by atoms with Crippen LogP contribution < -0.4 is 0 Å². The molecular formula is C19H19N3O2S2. The minimum absolute atomic E-state index is 0.0919. The maximum Gasteiger partial charge on any atom is 0.277 e. The van der Waals surface area contributed by atoms with Crippen molar-refractivity contribution >= 4 is 28.9 Å². The maximum absolute atomic E-state index is 12.8. The van der Waals surface area contributed by atoms with Crippen LogP contribution in [-0.4, -0.2) is 26.2 Å². The molecule has 0 fully saturated rings. The van der Waals surface area contributed by atoms with E-state index in [4.69, 9.17) is 4.42 Å². The van der Waals surface area contributed by atoms with Crippen LogP contribution in [0.5, 0.6) is 0 Å². The molecule has 4 rings (SSSR count). The second-order valence-electron chi connectivity index (χ2n) is 6.48. The van der Waals surface area contributed by atoms with Crippen LogP contribution >= 0.6 is 23.1 Å². The third kappa shape index (κ3) is 3.33. The SMILES string of the molecule is Cc1nc(C)c(-c2nnc(SC(C)C(=O)c3ccc4c(c3)CCC4)o2)s1. The van der Waals surface area contributed by atoms with Crippen LogP contribution in [0.4, 0.5) is 0 Å². The summed E-state index contributed by atoms with van der Waals surface area (Å²) in [5.74, 6) is 0.557. The van der Waals surface area contributed by atoms with Crippen LogP contribution in [0.1, 0.15) is 45.5 Å². The van der Waals surface area contributed by atoms with E-state index in [1.807, 2.05) is 32.9 Å². The normalized spacial score (nSPS) is 14.4. The molecule has 0 N–H and O–H groups in total. The number of aryl methyl sites for hydroxylation is 4. The Hall–Kier alpha value is -1.99. The standard InChI is InChI=1S/C19H19N3O2S2/c1-10-17(26-12(3)20-10)18-21-22-19(24-18)25-11(2)16(23)15-8-7-13-5-4-6-14(13)9-15/h7-9,11H,4-6H2,1-3H3. The van der Waals surface area contributed by atoms with Gasteiger partial charge in [-0.25, -0.2) is 4.98 Å². The van der Waals surface area contributed by atoms with Gasteiger partial charge in [0.2, 0.25) is 0 Å². The lowest BCUT2D eigenvalue weighted by atomic mass is 10.0. The molecule has 3 aromatic rings. The van der Waals surface area contributed by atoms with E-state index < -0.39 is 0 Å². The molecule has 1 aliphatic rings. The molecular weight excluding hydrogens is 366 g/mol. The monoisotopic (exact) mass is 385 g/mol. The van der Waals surface area contributed by atoms with Crippen molar-refractivity contribution in [3.8, 4) is 10.8 Å². The molecule has 0 spiro atoms. The summed E-state index contributed by atoms with van der Waals surface area (Å²) in [4.78, 5) is 18.0. The molecule has 2 aromatic heterocycles. The summed E-state index contributed by atoms with van der Waals surface area (Å²) in [5.41, 5.74) is 4.33. The van der Waals surface area contributed by atoms with Gasteiger partial charge in [0.15, 0.2) is 5.78 Å². The third-order valence-electron chi connectivity index (χ3n) is 4.53. The predicted molar refractivity (Wildman–Crippen MR) is 103 cm³/mol. The third-order valence-corrected chi connectivity index (χ3v) is 6.53. The van der Waals surface area contributed by atoms with E-state index in [0.717, 1.165) is 34.0 Å². The highest BCUT2D eigenvalue weighted by molar-refractivity contribution is 8.00. The number of rotatable bonds is 5. The number of thioether (sulfide) groups is 1. The first-order chi connectivity index (χ1) is 12.5. The number of ketones is 1. The Kier molecular flexibility index (Phi) is 4.67. The highest BCUT2D eigenvalue weighted by Crippen LogP contribution is 2.32. The number of hydrogen-bond acceptors (Lipinski definition) is 7. The topological polar surface area (TPSA) is 68.9 Å². The van der Waals surface area contributed by atoms with E-state index in [1.165, 1.54) is 40.6 Å². The highest BCUT2D eigenvalue weighted by atomic mass is 32.2. The number of thiazole rings is 1. The summed E-state index contributed by atoms with van der Waals surface area (Å²) in [6.45, 7) is 5.76. The lowest BCUT2D eigenvalue weighted by molar-refractivity contribution is 0.0993. The molecule has 0 aliphatic heterocycles. The highest BCUT2D eigenvalue weighted by Gasteiger charge is 2.22. The molecule has 1 unspecified atom stereocenters. The van der Waals surface area contributed by atoms with E-state index in [-0.39, 0.29) is 11.0 Å². The fraction of sp³-hybridized carbons (Fsp3) is 0.368. The summed E-state index contributed by atoms with van der Waals surface area (Å²) in [5, 5.41) is 9.29. The van der Waals surface area contributed by atoms with Crippen LogP contribution in [0, 0.1) is 13.8 Å². The summed E-state index contributed by atoms with van der Waals surface area (Å²) < 4.78 is 5.75. The van der Waals surface area contributed by atoms with Crippen LogP contribution in [0.2, 0.25) is 0 Å². The molecule has 7 heteroatoms. The van der Waals surface area contributed by atoms with Crippen molar-refractivity contribution in [2.24, 2.45) is 0 Å². The van der Waals surface area contributed by atoms with Gasteiger partial charge < -0.3 is 4.42 Å². The van der Waals surface area contributed by atoms with Crippen LogP contribution in [0.3, 0.4) is 0 Å². The van der Waals surface area contributed by atoms with Crippen molar-refractivity contribution < 1.29 is 9.21 Å². The fourth-order valence-corrected chi connectivity index (χ4v) is 4.85. The van der Waals surface area contributed by atoms with Gasteiger partial charge in [0.1, 0.15) is 4.88 Å². The Labute approximate surface area is 160 Å². The summed E-state index contributed by atoms with van der Waals surface area (Å²) in [6, 6.07) is 6.07. The number of nitrogens with zero attached hydrogens (tertiary/aromatic N) is 3. The van der Waals surface area contributed by atoms with Gasteiger partial charge in [-0.05, 0) is 57.2 Å². The summed E-state index contributed by atoms with van der Waals surface area (Å²) >= 11 is 2.83. The Morgan fingerprint density at radius 1 is 1.23 bits per heavy atom. The van der Waals surface area contributed by atoms with Crippen molar-refractivity contribution in [2.75, 3.05) is 0 Å². The zero-order valence-corrected chi connectivity index (χ0v) is 16.5. The largest absolute Gasteiger partial charge is 0.410 e. The van der Waals surface area contributed by atoms with Gasteiger partial charge >= 0.3 is 0 Å². The number of hydrogen-bond donors (Lipinski definition) is 0. The van der Waals surface area contributed by atoms with Gasteiger partial charge in [-0.3, -0.25) is 4.79 Å². The second kappa shape index (κ2) is 6.96. The number of aromatic nitrogens is 3. The molecule has 1 aliphatic carbocycles. The van der Waals surface area contributed by atoms with Gasteiger partial charge in [0, 0.05) is 5.56 Å². The first-order valence-corrected chi connectivity index (χ1v) is 10.3. The molecule has 1 aromatic carbocycles. The van der Waals surface area contributed by atoms with Crippen molar-refractivity contribution in [2.45, 2.75) is 50.5 Å². The Morgan fingerprint density at radius 3 is 2.81 bits per heavy atom. The van der Waals surface area contributed by atoms with Gasteiger partial charge in [0.25, 0.3) is 11.1 Å². The van der Waals surface area contributed by atoms with Crippen molar-refractivity contribution in [1.29, 1.82) is 0 Å². The van der Waals surface area contributed by atoms with Crippen molar-refractivity contribution in [3.05, 3.63) is 45.6 Å². The molecule has 0 amide bonds. The van der Waals surface area contributed by atoms with Gasteiger partial charge in [0.05, 0.1) is 16.0 Å². The number of carbonyl (C=O) groups is 1. The number of benzene rings is 1. The average Bonchev–Trinajstić information content (AvgIpc) is 3.33. The first kappa shape index (κ1) is 17.4. The number of fused-ring (bicyclic) bond motifs is 1. The maximum atomic E-state index is 12.8. The van der Waals surface area contributed by atoms with E-state index in [9.17, 15) is 4.79 Å². The first-order valence-electron chi connectivity index (χ1n) is 8.62. The molecule has 0 bridgehead atoms. The smallest absolute Gasteiger partial charge is 0.277 e. The molecule has 0 radical (unpaired) electrons. The predicted octanol–water partition coefficient (Wildman–Crippen LogP) is 4.66. The van der Waals surface area contributed by atoms with Gasteiger partial charge in [-0.15, -0.1) is 21.5 Å². The fourth-order valence-electron chi connectivity index (χ4n) is 3.24. The van der Waals surface area contributed by atoms with E-state index >= 15 is 0 Å². The zero-order valence-electron chi connectivity index (χ0n) is 14.9. The number of carbonyl (C=O) groups excluding carboxylic acids is 1. The molecule has 134 valence electrons. The van der Waals surface area contributed by atoms with Crippen LogP contribution in [0.15, 0.2) is 27.8 Å². The summed E-state index contributed by atoms with van der Waals surface area (Å²) in [6.07, 6.45) is 3.37. The molecule has 26 heavy (non-hydrogen) atoms. The van der Waals surface area contributed by atoms with Crippen LogP contribution in [-0.2, 0) is 12.8 Å². The zero-order chi connectivity index (χ0) is 18.3. The van der Waals surface area contributed by atoms with Crippen LogP contribution in [0.25, 0.3) is 10.8 Å². The van der Waals surface area contributed by atoms with E-state index in [1.54, 1.807) is 0 Å². The summed E-state index contributed by atoms with van der Waals surface area (Å²) in [7, 11) is 0. The van der Waals surface area contributed by atoms with Crippen molar-refractivity contribution in [1.82, 2.24) is 15.2 Å². The molecule has 1 atom stereocenters. The second-order valence-corrected chi connectivity index (χ2v) is 8.98. The van der Waals surface area contributed by atoms with E-state index in [2.05, 4.69) is 21.2 Å². The minimum atomic E-state index is -0.285. The Bertz CT molecular complexity index is 977. The quantitative estimate of drug-likeness (QED) is 0.470. The van der Waals surface area contributed by atoms with E-state index in [0.29, 0.717) is 11.1 Å². The Morgan fingerprint density at radius 2 is 2.04 bits per heavy atom. The molecule has 5 nitrogen and oxygen atoms in total. The Balaban J connectivity index is 1.49. The minimum Gasteiger partial charge on any atom is -0.410 e.